The first kappa shape index (κ1) is 18.2. The molecular weight excluding hydrogens is 352 g/mol. The van der Waals surface area contributed by atoms with Gasteiger partial charge in [0, 0.05) is 23.7 Å². The Balaban J connectivity index is 1.51. The van der Waals surface area contributed by atoms with Crippen LogP contribution in [0.5, 0.6) is 0 Å². The molecule has 0 spiro atoms. The molecular formula is C22H24N4O2. The molecule has 3 aromatic rings. The third-order valence-corrected chi connectivity index (χ3v) is 5.08. The van der Waals surface area contributed by atoms with Gasteiger partial charge in [-0.1, -0.05) is 25.1 Å². The summed E-state index contributed by atoms with van der Waals surface area (Å²) in [6, 6.07) is 13.4. The van der Waals surface area contributed by atoms with E-state index in [4.69, 9.17) is 0 Å². The maximum Gasteiger partial charge on any atom is 0.244 e. The summed E-state index contributed by atoms with van der Waals surface area (Å²) in [4.78, 5) is 29.4. The second-order valence-corrected chi connectivity index (χ2v) is 7.30. The fraction of sp³-hybridized carbons (Fsp3) is 0.318. The minimum atomic E-state index is -0.119. The van der Waals surface area contributed by atoms with E-state index in [1.54, 1.807) is 0 Å². The van der Waals surface area contributed by atoms with Gasteiger partial charge in [0.25, 0.3) is 0 Å². The highest BCUT2D eigenvalue weighted by Gasteiger charge is 2.29. The first-order chi connectivity index (χ1) is 13.5. The van der Waals surface area contributed by atoms with E-state index in [2.05, 4.69) is 15.6 Å². The van der Waals surface area contributed by atoms with E-state index < -0.39 is 0 Å². The highest BCUT2D eigenvalue weighted by Crippen LogP contribution is 2.31. The Kier molecular flexibility index (Phi) is 4.86. The van der Waals surface area contributed by atoms with Crippen LogP contribution >= 0.6 is 0 Å². The van der Waals surface area contributed by atoms with Crippen LogP contribution in [-0.2, 0) is 22.6 Å². The van der Waals surface area contributed by atoms with E-state index in [1.807, 2.05) is 60.9 Å². The predicted octanol–water partition coefficient (Wildman–Crippen LogP) is 3.89. The Morgan fingerprint density at radius 3 is 2.68 bits per heavy atom. The summed E-state index contributed by atoms with van der Waals surface area (Å²) in [5.41, 5.74) is 4.22. The van der Waals surface area contributed by atoms with Gasteiger partial charge in [-0.2, -0.15) is 0 Å². The maximum absolute atomic E-state index is 12.7. The summed E-state index contributed by atoms with van der Waals surface area (Å²) >= 11 is 0. The zero-order valence-corrected chi connectivity index (χ0v) is 16.2. The van der Waals surface area contributed by atoms with Gasteiger partial charge in [-0.05, 0) is 49.6 Å². The lowest BCUT2D eigenvalue weighted by Crippen LogP contribution is -2.21. The molecule has 0 saturated heterocycles. The monoisotopic (exact) mass is 376 g/mol. The number of imidazole rings is 1. The number of nitrogens with one attached hydrogen (secondary N) is 2. The molecule has 1 aliphatic rings. The highest BCUT2D eigenvalue weighted by atomic mass is 16.2. The molecule has 1 saturated carbocycles. The quantitative estimate of drug-likeness (QED) is 0.685. The molecule has 2 amide bonds. The van der Waals surface area contributed by atoms with E-state index in [1.165, 1.54) is 0 Å². The smallest absolute Gasteiger partial charge is 0.244 e. The van der Waals surface area contributed by atoms with Gasteiger partial charge in [0.2, 0.25) is 11.8 Å². The largest absolute Gasteiger partial charge is 0.326 e. The molecule has 1 heterocycles. The van der Waals surface area contributed by atoms with Gasteiger partial charge in [0.05, 0.1) is 11.0 Å². The Hall–Kier alpha value is -3.15. The lowest BCUT2D eigenvalue weighted by Gasteiger charge is -2.13. The molecule has 144 valence electrons. The number of nitrogens with zero attached hydrogens (tertiary/aromatic N) is 2. The van der Waals surface area contributed by atoms with Crippen molar-refractivity contribution >= 4 is 34.2 Å². The van der Waals surface area contributed by atoms with Crippen molar-refractivity contribution in [2.24, 2.45) is 5.92 Å². The number of carbonyl (C=O) groups excluding carboxylic acids is 2. The molecule has 0 unspecified atom stereocenters. The Labute approximate surface area is 164 Å². The van der Waals surface area contributed by atoms with Crippen molar-refractivity contribution in [3.05, 3.63) is 53.9 Å². The van der Waals surface area contributed by atoms with Crippen LogP contribution in [0.4, 0.5) is 11.4 Å². The average molecular weight is 376 g/mol. The summed E-state index contributed by atoms with van der Waals surface area (Å²) in [7, 11) is 0. The molecule has 0 atom stereocenters. The van der Waals surface area contributed by atoms with Crippen LogP contribution in [0, 0.1) is 12.8 Å². The second kappa shape index (κ2) is 7.46. The van der Waals surface area contributed by atoms with Gasteiger partial charge in [-0.25, -0.2) is 4.98 Å². The molecule has 0 aliphatic heterocycles. The summed E-state index contributed by atoms with van der Waals surface area (Å²) in [5, 5.41) is 5.91. The Morgan fingerprint density at radius 1 is 1.14 bits per heavy atom. The number of fused-ring (bicyclic) bond motifs is 1. The molecule has 2 aromatic carbocycles. The van der Waals surface area contributed by atoms with E-state index in [-0.39, 0.29) is 24.3 Å². The number of anilines is 2. The SMILES string of the molecule is CCc1nc2ccccc2n1CC(=O)Nc1cc(NC(=O)C2CC2)ccc1C. The first-order valence-electron chi connectivity index (χ1n) is 9.70. The normalized spacial score (nSPS) is 13.5. The minimum Gasteiger partial charge on any atom is -0.326 e. The summed E-state index contributed by atoms with van der Waals surface area (Å²) < 4.78 is 1.96. The second-order valence-electron chi connectivity index (χ2n) is 7.30. The van der Waals surface area contributed by atoms with E-state index in [0.717, 1.165) is 41.7 Å². The number of hydrogen-bond donors (Lipinski definition) is 2. The van der Waals surface area contributed by atoms with Crippen LogP contribution in [-0.4, -0.2) is 21.4 Å². The molecule has 28 heavy (non-hydrogen) atoms. The number of amides is 2. The van der Waals surface area contributed by atoms with Gasteiger partial charge >= 0.3 is 0 Å². The van der Waals surface area contributed by atoms with Gasteiger partial charge in [0.1, 0.15) is 12.4 Å². The molecule has 2 N–H and O–H groups in total. The number of benzene rings is 2. The van der Waals surface area contributed by atoms with Crippen LogP contribution in [0.2, 0.25) is 0 Å². The molecule has 1 aromatic heterocycles. The summed E-state index contributed by atoms with van der Waals surface area (Å²) in [6.45, 7) is 4.17. The molecule has 6 heteroatoms. The van der Waals surface area contributed by atoms with Crippen molar-refractivity contribution < 1.29 is 9.59 Å². The van der Waals surface area contributed by atoms with Gasteiger partial charge in [0.15, 0.2) is 0 Å². The van der Waals surface area contributed by atoms with Gasteiger partial charge < -0.3 is 15.2 Å². The van der Waals surface area contributed by atoms with Gasteiger partial charge in [-0.3, -0.25) is 9.59 Å². The van der Waals surface area contributed by atoms with Crippen LogP contribution in [0.3, 0.4) is 0 Å². The number of carbonyl (C=O) groups is 2. The predicted molar refractivity (Wildman–Crippen MR) is 110 cm³/mol. The number of hydrogen-bond acceptors (Lipinski definition) is 3. The summed E-state index contributed by atoms with van der Waals surface area (Å²) in [6.07, 6.45) is 2.67. The average Bonchev–Trinajstić information content (AvgIpc) is 3.48. The third-order valence-electron chi connectivity index (χ3n) is 5.08. The van der Waals surface area contributed by atoms with Crippen LogP contribution in [0.1, 0.15) is 31.2 Å². The minimum absolute atomic E-state index is 0.0543. The van der Waals surface area contributed by atoms with Crippen molar-refractivity contribution in [3.63, 3.8) is 0 Å². The molecule has 6 nitrogen and oxygen atoms in total. The fourth-order valence-electron chi connectivity index (χ4n) is 3.33. The van der Waals surface area contributed by atoms with Crippen molar-refractivity contribution in [1.29, 1.82) is 0 Å². The number of aryl methyl sites for hydroxylation is 2. The molecule has 1 aliphatic carbocycles. The van der Waals surface area contributed by atoms with Crippen LogP contribution < -0.4 is 10.6 Å². The number of para-hydroxylation sites is 2. The van der Waals surface area contributed by atoms with E-state index in [9.17, 15) is 9.59 Å². The number of aromatic nitrogens is 2. The Bertz CT molecular complexity index is 1050. The molecule has 4 rings (SSSR count). The fourth-order valence-corrected chi connectivity index (χ4v) is 3.33. The third kappa shape index (κ3) is 3.76. The lowest BCUT2D eigenvalue weighted by atomic mass is 10.1. The number of rotatable bonds is 6. The van der Waals surface area contributed by atoms with Gasteiger partial charge in [-0.15, -0.1) is 0 Å². The van der Waals surface area contributed by atoms with Crippen molar-refractivity contribution in [2.75, 3.05) is 10.6 Å². The van der Waals surface area contributed by atoms with Crippen LogP contribution in [0.25, 0.3) is 11.0 Å². The molecule has 0 radical (unpaired) electrons. The molecule has 1 fully saturated rings. The van der Waals surface area contributed by atoms with Crippen molar-refractivity contribution in [2.45, 2.75) is 39.7 Å². The lowest BCUT2D eigenvalue weighted by molar-refractivity contribution is -0.117. The topological polar surface area (TPSA) is 76.0 Å². The summed E-state index contributed by atoms with van der Waals surface area (Å²) in [5.74, 6) is 0.963. The van der Waals surface area contributed by atoms with Crippen molar-refractivity contribution in [3.8, 4) is 0 Å². The van der Waals surface area contributed by atoms with E-state index in [0.29, 0.717) is 11.4 Å². The van der Waals surface area contributed by atoms with Crippen LogP contribution in [0.15, 0.2) is 42.5 Å². The standard InChI is InChI=1S/C22H24N4O2/c1-3-20-24-17-6-4-5-7-19(17)26(20)13-21(27)25-18-12-16(11-8-14(18)2)23-22(28)15-9-10-15/h4-8,11-12,15H,3,9-10,13H2,1-2H3,(H,23,28)(H,25,27). The van der Waals surface area contributed by atoms with Crippen molar-refractivity contribution in [1.82, 2.24) is 9.55 Å². The zero-order chi connectivity index (χ0) is 19.7. The first-order valence-corrected chi connectivity index (χ1v) is 9.70. The zero-order valence-electron chi connectivity index (χ0n) is 16.2. The van der Waals surface area contributed by atoms with E-state index >= 15 is 0 Å². The highest BCUT2D eigenvalue weighted by molar-refractivity contribution is 5.96. The Morgan fingerprint density at radius 2 is 1.93 bits per heavy atom. The maximum atomic E-state index is 12.7. The molecule has 0 bridgehead atoms.